The molecule has 0 fully saturated rings. The lowest BCUT2D eigenvalue weighted by molar-refractivity contribution is -0.127. The van der Waals surface area contributed by atoms with Gasteiger partial charge in [-0.15, -0.1) is 0 Å². The lowest BCUT2D eigenvalue weighted by atomic mass is 10.2. The second kappa shape index (κ2) is 6.91. The van der Waals surface area contributed by atoms with E-state index in [-0.39, 0.29) is 12.7 Å². The molecule has 6 heteroatoms. The molecule has 0 aliphatic carbocycles. The number of para-hydroxylation sites is 1. The van der Waals surface area contributed by atoms with Gasteiger partial charge in [-0.05, 0) is 52.7 Å². The number of hydrogen-bond donors (Lipinski definition) is 1. The molecule has 2 aromatic rings. The molecule has 0 aromatic heterocycles. The largest absolute Gasteiger partial charge is 0.480 e. The zero-order valence-corrected chi connectivity index (χ0v) is 14.1. The van der Waals surface area contributed by atoms with Crippen LogP contribution in [0.15, 0.2) is 46.9 Å². The Morgan fingerprint density at radius 3 is 2.87 bits per heavy atom. The van der Waals surface area contributed by atoms with Crippen LogP contribution in [-0.2, 0) is 11.3 Å². The molecule has 1 unspecified atom stereocenters. The fraction of sp³-hybridized carbons (Fsp3) is 0.235. The van der Waals surface area contributed by atoms with E-state index >= 15 is 0 Å². The highest BCUT2D eigenvalue weighted by Crippen LogP contribution is 2.32. The average molecular weight is 378 g/mol. The summed E-state index contributed by atoms with van der Waals surface area (Å²) in [5.41, 5.74) is 0.940. The Balaban J connectivity index is 1.55. The molecule has 1 aliphatic rings. The van der Waals surface area contributed by atoms with E-state index in [2.05, 4.69) is 21.2 Å². The van der Waals surface area contributed by atoms with Crippen LogP contribution in [0.1, 0.15) is 12.5 Å². The molecule has 0 bridgehead atoms. The number of hydrogen-bond acceptors (Lipinski definition) is 4. The minimum Gasteiger partial charge on any atom is -0.480 e. The molecule has 0 saturated carbocycles. The van der Waals surface area contributed by atoms with Crippen molar-refractivity contribution in [3.63, 3.8) is 0 Å². The van der Waals surface area contributed by atoms with Crippen molar-refractivity contribution in [2.75, 3.05) is 6.79 Å². The number of amides is 1. The third-order valence-electron chi connectivity index (χ3n) is 3.41. The van der Waals surface area contributed by atoms with Gasteiger partial charge in [0.05, 0.1) is 4.47 Å². The van der Waals surface area contributed by atoms with Crippen LogP contribution >= 0.6 is 15.9 Å². The van der Waals surface area contributed by atoms with Crippen molar-refractivity contribution in [2.45, 2.75) is 19.6 Å². The summed E-state index contributed by atoms with van der Waals surface area (Å²) in [6.07, 6.45) is -0.595. The summed E-state index contributed by atoms with van der Waals surface area (Å²) in [5, 5.41) is 2.85. The highest BCUT2D eigenvalue weighted by atomic mass is 79.9. The van der Waals surface area contributed by atoms with E-state index in [4.69, 9.17) is 14.2 Å². The predicted octanol–water partition coefficient (Wildman–Crippen LogP) is 3.26. The summed E-state index contributed by atoms with van der Waals surface area (Å²) < 4.78 is 17.1. The van der Waals surface area contributed by atoms with Crippen molar-refractivity contribution in [1.29, 1.82) is 0 Å². The Kier molecular flexibility index (Phi) is 4.71. The Morgan fingerprint density at radius 2 is 2.04 bits per heavy atom. The van der Waals surface area contributed by atoms with Gasteiger partial charge in [-0.25, -0.2) is 0 Å². The Bertz CT molecular complexity index is 719. The van der Waals surface area contributed by atoms with Gasteiger partial charge in [0.25, 0.3) is 5.91 Å². The van der Waals surface area contributed by atoms with E-state index in [0.717, 1.165) is 15.8 Å². The maximum atomic E-state index is 12.2. The highest BCUT2D eigenvalue weighted by Gasteiger charge is 2.17. The van der Waals surface area contributed by atoms with Crippen molar-refractivity contribution in [3.8, 4) is 17.2 Å². The fourth-order valence-electron chi connectivity index (χ4n) is 2.17. The summed E-state index contributed by atoms with van der Waals surface area (Å²) in [7, 11) is 0. The Hall–Kier alpha value is -2.21. The number of nitrogens with one attached hydrogen (secondary N) is 1. The van der Waals surface area contributed by atoms with E-state index < -0.39 is 6.10 Å². The third kappa shape index (κ3) is 3.76. The average Bonchev–Trinajstić information content (AvgIpc) is 3.02. The molecular formula is C17H16BrNO4. The number of carbonyl (C=O) groups is 1. The maximum absolute atomic E-state index is 12.2. The maximum Gasteiger partial charge on any atom is 0.261 e. The van der Waals surface area contributed by atoms with Gasteiger partial charge in [0, 0.05) is 6.54 Å². The first-order valence-corrected chi connectivity index (χ1v) is 8.00. The molecule has 3 rings (SSSR count). The smallest absolute Gasteiger partial charge is 0.261 e. The molecule has 5 nitrogen and oxygen atoms in total. The predicted molar refractivity (Wildman–Crippen MR) is 88.6 cm³/mol. The van der Waals surface area contributed by atoms with Crippen LogP contribution in [0.3, 0.4) is 0 Å². The van der Waals surface area contributed by atoms with Gasteiger partial charge < -0.3 is 19.5 Å². The van der Waals surface area contributed by atoms with Crippen LogP contribution in [0.25, 0.3) is 0 Å². The normalized spacial score (nSPS) is 13.5. The molecular weight excluding hydrogens is 362 g/mol. The molecule has 2 aromatic carbocycles. The van der Waals surface area contributed by atoms with Crippen LogP contribution in [0.4, 0.5) is 0 Å². The first-order chi connectivity index (χ1) is 11.1. The Morgan fingerprint density at radius 1 is 1.26 bits per heavy atom. The minimum absolute atomic E-state index is 0.182. The first kappa shape index (κ1) is 15.7. The number of rotatable bonds is 5. The van der Waals surface area contributed by atoms with Gasteiger partial charge in [0.15, 0.2) is 17.6 Å². The number of ether oxygens (including phenoxy) is 3. The highest BCUT2D eigenvalue weighted by molar-refractivity contribution is 9.10. The van der Waals surface area contributed by atoms with Gasteiger partial charge in [0.1, 0.15) is 5.75 Å². The van der Waals surface area contributed by atoms with Gasteiger partial charge in [-0.2, -0.15) is 0 Å². The summed E-state index contributed by atoms with van der Waals surface area (Å²) in [5.74, 6) is 1.89. The second-order valence-corrected chi connectivity index (χ2v) is 5.95. The topological polar surface area (TPSA) is 56.8 Å². The van der Waals surface area contributed by atoms with E-state index in [1.807, 2.05) is 42.5 Å². The summed E-state index contributed by atoms with van der Waals surface area (Å²) >= 11 is 3.40. The van der Waals surface area contributed by atoms with Gasteiger partial charge in [0.2, 0.25) is 6.79 Å². The monoisotopic (exact) mass is 377 g/mol. The van der Waals surface area contributed by atoms with Gasteiger partial charge >= 0.3 is 0 Å². The molecule has 1 aliphatic heterocycles. The SMILES string of the molecule is CC(Oc1ccccc1Br)C(=O)NCc1ccc2c(c1)OCO2. The lowest BCUT2D eigenvalue weighted by Gasteiger charge is -2.15. The zero-order valence-electron chi connectivity index (χ0n) is 12.5. The molecule has 0 spiro atoms. The lowest BCUT2D eigenvalue weighted by Crippen LogP contribution is -2.35. The van der Waals surface area contributed by atoms with E-state index in [9.17, 15) is 4.79 Å². The van der Waals surface area contributed by atoms with Crippen molar-refractivity contribution in [3.05, 3.63) is 52.5 Å². The minimum atomic E-state index is -0.595. The van der Waals surface area contributed by atoms with Crippen LogP contribution in [0.2, 0.25) is 0 Å². The molecule has 23 heavy (non-hydrogen) atoms. The van der Waals surface area contributed by atoms with Crippen molar-refractivity contribution in [1.82, 2.24) is 5.32 Å². The number of fused-ring (bicyclic) bond motifs is 1. The fourth-order valence-corrected chi connectivity index (χ4v) is 2.55. The second-order valence-electron chi connectivity index (χ2n) is 5.10. The quantitative estimate of drug-likeness (QED) is 0.868. The number of carbonyl (C=O) groups excluding carboxylic acids is 1. The van der Waals surface area contributed by atoms with Gasteiger partial charge in [-0.3, -0.25) is 4.79 Å². The van der Waals surface area contributed by atoms with Gasteiger partial charge in [-0.1, -0.05) is 18.2 Å². The van der Waals surface area contributed by atoms with Crippen molar-refractivity contribution in [2.24, 2.45) is 0 Å². The van der Waals surface area contributed by atoms with Crippen molar-refractivity contribution >= 4 is 21.8 Å². The van der Waals surface area contributed by atoms with E-state index in [1.165, 1.54) is 0 Å². The summed E-state index contributed by atoms with van der Waals surface area (Å²) in [4.78, 5) is 12.2. The summed E-state index contributed by atoms with van der Waals surface area (Å²) in [6, 6.07) is 13.0. The standard InChI is InChI=1S/C17H16BrNO4/c1-11(23-14-5-3-2-4-13(14)18)17(20)19-9-12-6-7-15-16(8-12)22-10-21-15/h2-8,11H,9-10H2,1H3,(H,19,20). The van der Waals surface area contributed by atoms with Crippen LogP contribution in [-0.4, -0.2) is 18.8 Å². The van der Waals surface area contributed by atoms with Crippen LogP contribution < -0.4 is 19.5 Å². The molecule has 1 N–H and O–H groups in total. The van der Waals surface area contributed by atoms with Crippen LogP contribution in [0, 0.1) is 0 Å². The van der Waals surface area contributed by atoms with Crippen LogP contribution in [0.5, 0.6) is 17.2 Å². The molecule has 1 amide bonds. The van der Waals surface area contributed by atoms with Crippen molar-refractivity contribution < 1.29 is 19.0 Å². The van der Waals surface area contributed by atoms with E-state index in [1.54, 1.807) is 6.92 Å². The zero-order chi connectivity index (χ0) is 16.2. The molecule has 0 radical (unpaired) electrons. The summed E-state index contributed by atoms with van der Waals surface area (Å²) in [6.45, 7) is 2.36. The molecule has 1 atom stereocenters. The molecule has 1 heterocycles. The number of halogens is 1. The number of benzene rings is 2. The third-order valence-corrected chi connectivity index (χ3v) is 4.07. The first-order valence-electron chi connectivity index (χ1n) is 7.21. The van der Waals surface area contributed by atoms with E-state index in [0.29, 0.717) is 18.0 Å². The Labute approximate surface area is 142 Å². The molecule has 120 valence electrons. The molecule has 0 saturated heterocycles.